The summed E-state index contributed by atoms with van der Waals surface area (Å²) in [5.74, 6) is -2.62. The molecule has 4 N–H and O–H groups in total. The second kappa shape index (κ2) is 105. The molecule has 0 atom stereocenters. The Labute approximate surface area is 643 Å². The zero-order chi connectivity index (χ0) is 73.7. The van der Waals surface area contributed by atoms with Crippen LogP contribution in [0.2, 0.25) is 0 Å². The van der Waals surface area contributed by atoms with E-state index in [1.165, 1.54) is 385 Å². The maximum atomic E-state index is 10.4. The average molecular weight is 1470 g/mol. The molecule has 0 fully saturated rings. The molecule has 0 aliphatic heterocycles. The topological polar surface area (TPSA) is 186 Å². The number of carboxylic acids is 4. The van der Waals surface area contributed by atoms with Crippen molar-refractivity contribution in [1.29, 1.82) is 0 Å². The monoisotopic (exact) mass is 1470 g/mol. The normalized spacial score (nSPS) is 11.0. The van der Waals surface area contributed by atoms with E-state index < -0.39 is 23.9 Å². The molecule has 0 spiro atoms. The molecule has 0 saturated carbocycles. The fourth-order valence-corrected chi connectivity index (χ4v) is 12.5. The van der Waals surface area contributed by atoms with Gasteiger partial charge in [-0.2, -0.15) is 0 Å². The van der Waals surface area contributed by atoms with E-state index in [0.29, 0.717) is 25.7 Å². The van der Waals surface area contributed by atoms with Gasteiger partial charge in [0.05, 0.1) is 0 Å². The number of carboxylic acid groups (broad SMARTS) is 4. The Hall–Kier alpha value is -1.57. The van der Waals surface area contributed by atoms with Gasteiger partial charge in [0.15, 0.2) is 0 Å². The number of aliphatic carboxylic acids is 4. The second-order valence-electron chi connectivity index (χ2n) is 29.7. The third-order valence-electron chi connectivity index (χ3n) is 19.3. The third-order valence-corrected chi connectivity index (χ3v) is 19.3. The molecule has 0 heterocycles. The maximum absolute atomic E-state index is 10.4. The van der Waals surface area contributed by atoms with E-state index in [1.807, 2.05) is 0 Å². The Morgan fingerprint density at radius 2 is 0.248 bits per heavy atom. The summed E-state index contributed by atoms with van der Waals surface area (Å²) in [4.78, 5) is 41.5. The van der Waals surface area contributed by atoms with Crippen molar-refractivity contribution >= 4 is 23.9 Å². The van der Waals surface area contributed by atoms with Crippen LogP contribution < -0.4 is 0 Å². The number of rotatable bonds is 84. The summed E-state index contributed by atoms with van der Waals surface area (Å²) in [6.45, 7) is 16.4. The van der Waals surface area contributed by atoms with Gasteiger partial charge in [0.1, 0.15) is 0 Å². The number of carbonyl (C=O) groups is 4. The van der Waals surface area contributed by atoms with Crippen LogP contribution in [-0.2, 0) is 59.8 Å². The molecule has 0 radical (unpaired) electrons. The summed E-state index contributed by atoms with van der Waals surface area (Å²) in [5, 5.41) is 34.2. The van der Waals surface area contributed by atoms with Gasteiger partial charge in [-0.15, -0.1) is 0 Å². The Morgan fingerprint density at radius 3 is 0.347 bits per heavy atom. The molecule has 12 nitrogen and oxygen atoms in total. The van der Waals surface area contributed by atoms with Crippen LogP contribution in [0, 0.1) is 0 Å². The largest absolute Gasteiger partial charge is 0.481 e. The van der Waals surface area contributed by atoms with Crippen molar-refractivity contribution in [2.75, 3.05) is 52.9 Å². The minimum absolute atomic E-state index is 0. The predicted octanol–water partition coefficient (Wildman–Crippen LogP) is 28.5. The van der Waals surface area contributed by atoms with Gasteiger partial charge in [-0.25, -0.2) is 0 Å². The van der Waals surface area contributed by atoms with Gasteiger partial charge >= 0.3 is 23.9 Å². The molecule has 0 aromatic rings. The minimum Gasteiger partial charge on any atom is -0.481 e. The standard InChI is InChI=1S/4C22H44O3.Ti/c4*1-2-3-20-25-21-18-16-14-12-10-8-6-4-5-7-9-11-13-15-17-19-22(23)24;/h4*2-21H2,1H3,(H,23,24);. The van der Waals surface area contributed by atoms with Gasteiger partial charge in [-0.05, 0) is 77.0 Å². The predicted molar refractivity (Wildman–Crippen MR) is 429 cm³/mol. The van der Waals surface area contributed by atoms with Crippen molar-refractivity contribution in [2.24, 2.45) is 0 Å². The first kappa shape index (κ1) is 108. The second-order valence-corrected chi connectivity index (χ2v) is 29.7. The molecule has 0 bridgehead atoms. The van der Waals surface area contributed by atoms with Crippen LogP contribution in [0.15, 0.2) is 0 Å². The summed E-state index contributed by atoms with van der Waals surface area (Å²) in [6, 6.07) is 0. The Morgan fingerprint density at radius 1 is 0.158 bits per heavy atom. The van der Waals surface area contributed by atoms with E-state index >= 15 is 0 Å². The fourth-order valence-electron chi connectivity index (χ4n) is 12.5. The quantitative estimate of drug-likeness (QED) is 0.0334. The number of ether oxygens (including phenoxy) is 4. The minimum atomic E-state index is -0.656. The average Bonchev–Trinajstić information content (AvgIpc) is 3.71. The summed E-state index contributed by atoms with van der Waals surface area (Å²) in [6.07, 6.45) is 88.8. The molecule has 0 rings (SSSR count). The van der Waals surface area contributed by atoms with Crippen molar-refractivity contribution in [1.82, 2.24) is 0 Å². The number of hydrogen-bond donors (Lipinski definition) is 4. The zero-order valence-electron chi connectivity index (χ0n) is 68.1. The van der Waals surface area contributed by atoms with Crippen LogP contribution in [-0.4, -0.2) is 97.2 Å². The summed E-state index contributed by atoms with van der Waals surface area (Å²) >= 11 is 0. The number of unbranched alkanes of at least 4 members (excludes halogenated alkanes) is 60. The molecule has 0 unspecified atom stereocenters. The van der Waals surface area contributed by atoms with Crippen molar-refractivity contribution in [3.8, 4) is 0 Å². The summed E-state index contributed by atoms with van der Waals surface area (Å²) in [5.41, 5.74) is 0. The SMILES string of the molecule is CCCCOCCCCCCCCCCCCCCCCCC(=O)O.CCCCOCCCCCCCCCCCCCCCCCC(=O)O.CCCCOCCCCCCCCCCCCCCCCCC(=O)O.CCCCOCCCCCCCCCCCCCCCCCC(=O)O.[Ti]. The van der Waals surface area contributed by atoms with Crippen LogP contribution in [0.4, 0.5) is 0 Å². The molecule has 0 aromatic carbocycles. The van der Waals surface area contributed by atoms with Gasteiger partial charge in [0, 0.05) is 100 Å². The van der Waals surface area contributed by atoms with Gasteiger partial charge in [-0.3, -0.25) is 19.2 Å². The van der Waals surface area contributed by atoms with Crippen molar-refractivity contribution in [2.45, 2.75) is 490 Å². The van der Waals surface area contributed by atoms with Gasteiger partial charge in [0.25, 0.3) is 0 Å². The molecule has 101 heavy (non-hydrogen) atoms. The molecule has 13 heteroatoms. The smallest absolute Gasteiger partial charge is 0.303 e. The Bertz CT molecular complexity index is 1290. The van der Waals surface area contributed by atoms with E-state index in [9.17, 15) is 19.2 Å². The van der Waals surface area contributed by atoms with Crippen LogP contribution in [0.1, 0.15) is 490 Å². The van der Waals surface area contributed by atoms with Crippen LogP contribution >= 0.6 is 0 Å². The van der Waals surface area contributed by atoms with E-state index in [1.54, 1.807) is 0 Å². The zero-order valence-corrected chi connectivity index (χ0v) is 69.7. The summed E-state index contributed by atoms with van der Waals surface area (Å²) < 4.78 is 22.3. The first-order valence-electron chi connectivity index (χ1n) is 44.3. The molecular weight excluding hydrogens is 1300 g/mol. The molecule has 0 aliphatic carbocycles. The molecule has 0 saturated heterocycles. The summed E-state index contributed by atoms with van der Waals surface area (Å²) in [7, 11) is 0. The van der Waals surface area contributed by atoms with E-state index in [4.69, 9.17) is 39.4 Å². The Kier molecular flexibility index (Phi) is 112. The molecular formula is C88H176O12Ti. The van der Waals surface area contributed by atoms with Crippen LogP contribution in [0.5, 0.6) is 0 Å². The fraction of sp³-hybridized carbons (Fsp3) is 0.955. The van der Waals surface area contributed by atoms with Crippen molar-refractivity contribution in [3.05, 3.63) is 0 Å². The molecule has 0 aromatic heterocycles. The van der Waals surface area contributed by atoms with E-state index in [0.717, 1.165) is 104 Å². The van der Waals surface area contributed by atoms with Crippen LogP contribution in [0.25, 0.3) is 0 Å². The third kappa shape index (κ3) is 123. The molecule has 604 valence electrons. The first-order valence-corrected chi connectivity index (χ1v) is 44.3. The van der Waals surface area contributed by atoms with E-state index in [2.05, 4.69) is 27.7 Å². The van der Waals surface area contributed by atoms with Crippen molar-refractivity contribution in [3.63, 3.8) is 0 Å². The first-order chi connectivity index (χ1) is 49.1. The molecule has 0 aliphatic rings. The van der Waals surface area contributed by atoms with Gasteiger partial charge < -0.3 is 39.4 Å². The van der Waals surface area contributed by atoms with Crippen molar-refractivity contribution < 1.29 is 80.3 Å². The number of hydrogen-bond acceptors (Lipinski definition) is 8. The maximum Gasteiger partial charge on any atom is 0.303 e. The van der Waals surface area contributed by atoms with Gasteiger partial charge in [0.2, 0.25) is 0 Å². The van der Waals surface area contributed by atoms with E-state index in [-0.39, 0.29) is 21.7 Å². The van der Waals surface area contributed by atoms with Crippen LogP contribution in [0.3, 0.4) is 0 Å². The molecule has 0 amide bonds. The Balaban J connectivity index is -0.000000404. The van der Waals surface area contributed by atoms with Gasteiger partial charge in [-0.1, -0.05) is 387 Å².